The maximum absolute atomic E-state index is 13.3. The molecule has 2 heterocycles. The highest BCUT2D eigenvalue weighted by Gasteiger charge is 2.34. The van der Waals surface area contributed by atoms with Gasteiger partial charge in [0, 0.05) is 43.5 Å². The summed E-state index contributed by atoms with van der Waals surface area (Å²) in [4.78, 5) is 30.0. The Morgan fingerprint density at radius 3 is 2.48 bits per heavy atom. The molecular formula is C24H28ClN3O3. The third-order valence-corrected chi connectivity index (χ3v) is 6.41. The molecule has 2 amide bonds. The molecule has 2 fully saturated rings. The zero-order valence-electron chi connectivity index (χ0n) is 17.7. The smallest absolute Gasteiger partial charge is 0.251 e. The Bertz CT molecular complexity index is 923. The number of nitrogens with zero attached hydrogens (tertiary/aromatic N) is 2. The fourth-order valence-electron chi connectivity index (χ4n) is 4.22. The lowest BCUT2D eigenvalue weighted by molar-refractivity contribution is -0.143. The van der Waals surface area contributed by atoms with Crippen LogP contribution in [0.5, 0.6) is 0 Å². The molecular weight excluding hydrogens is 414 g/mol. The fourth-order valence-corrected chi connectivity index (χ4v) is 4.40. The van der Waals surface area contributed by atoms with Crippen molar-refractivity contribution in [2.24, 2.45) is 0 Å². The second-order valence-electron chi connectivity index (χ2n) is 8.13. The lowest BCUT2D eigenvalue weighted by atomic mass is 10.0. The predicted molar refractivity (Wildman–Crippen MR) is 121 cm³/mol. The molecule has 2 aliphatic heterocycles. The Kier molecular flexibility index (Phi) is 6.90. The van der Waals surface area contributed by atoms with Crippen molar-refractivity contribution < 1.29 is 14.3 Å². The molecule has 0 saturated carbocycles. The normalized spacial score (nSPS) is 20.5. The van der Waals surface area contributed by atoms with Crippen LogP contribution < -0.4 is 5.32 Å². The van der Waals surface area contributed by atoms with Crippen LogP contribution in [0.25, 0.3) is 0 Å². The van der Waals surface area contributed by atoms with Crippen molar-refractivity contribution in [2.45, 2.75) is 31.9 Å². The first-order valence-corrected chi connectivity index (χ1v) is 11.2. The third kappa shape index (κ3) is 5.09. The van der Waals surface area contributed by atoms with Crippen LogP contribution in [0.2, 0.25) is 5.02 Å². The number of amides is 2. The lowest BCUT2D eigenvalue weighted by Crippen LogP contribution is -2.53. The van der Waals surface area contributed by atoms with Gasteiger partial charge in [0.15, 0.2) is 0 Å². The molecule has 2 atom stereocenters. The summed E-state index contributed by atoms with van der Waals surface area (Å²) in [5, 5.41) is 3.64. The Morgan fingerprint density at radius 2 is 1.84 bits per heavy atom. The molecule has 6 nitrogen and oxygen atoms in total. The number of aryl methyl sites for hydroxylation is 1. The minimum Gasteiger partial charge on any atom is -0.368 e. The topological polar surface area (TPSA) is 61.9 Å². The van der Waals surface area contributed by atoms with Crippen LogP contribution in [0.3, 0.4) is 0 Å². The minimum absolute atomic E-state index is 0.0761. The summed E-state index contributed by atoms with van der Waals surface area (Å²) in [7, 11) is 0. The molecule has 164 valence electrons. The number of benzene rings is 2. The first kappa shape index (κ1) is 21.8. The SMILES string of the molecule is Cc1ccc(NC(=O)C(c2ccccc2)N2CCN(C(=O)C3CCCO3)CC2)cc1Cl. The fraction of sp³-hybridized carbons (Fsp3) is 0.417. The van der Waals surface area contributed by atoms with Gasteiger partial charge in [-0.25, -0.2) is 0 Å². The van der Waals surface area contributed by atoms with Gasteiger partial charge in [0.05, 0.1) is 0 Å². The highest BCUT2D eigenvalue weighted by Crippen LogP contribution is 2.26. The average molecular weight is 442 g/mol. The number of hydrogen-bond acceptors (Lipinski definition) is 4. The number of ether oxygens (including phenoxy) is 1. The van der Waals surface area contributed by atoms with E-state index in [4.69, 9.17) is 16.3 Å². The largest absolute Gasteiger partial charge is 0.368 e. The number of piperazine rings is 1. The van der Waals surface area contributed by atoms with Gasteiger partial charge in [-0.2, -0.15) is 0 Å². The highest BCUT2D eigenvalue weighted by molar-refractivity contribution is 6.31. The number of halogens is 1. The second kappa shape index (κ2) is 9.81. The summed E-state index contributed by atoms with van der Waals surface area (Å²) in [6.07, 6.45) is 1.44. The van der Waals surface area contributed by atoms with E-state index < -0.39 is 6.04 Å². The number of hydrogen-bond donors (Lipinski definition) is 1. The molecule has 2 aromatic rings. The summed E-state index contributed by atoms with van der Waals surface area (Å²) < 4.78 is 5.55. The van der Waals surface area contributed by atoms with Crippen LogP contribution in [-0.4, -0.2) is 60.5 Å². The van der Waals surface area contributed by atoms with E-state index in [9.17, 15) is 9.59 Å². The monoisotopic (exact) mass is 441 g/mol. The zero-order valence-corrected chi connectivity index (χ0v) is 18.5. The van der Waals surface area contributed by atoms with Gasteiger partial charge < -0.3 is 15.0 Å². The Morgan fingerprint density at radius 1 is 1.10 bits per heavy atom. The standard InChI is InChI=1S/C24H28ClN3O3/c1-17-9-10-19(16-20(17)25)26-23(29)22(18-6-3-2-4-7-18)27-11-13-28(14-12-27)24(30)21-8-5-15-31-21/h2-4,6-7,9-10,16,21-22H,5,8,11-15H2,1H3,(H,26,29). The van der Waals surface area contributed by atoms with Crippen LogP contribution in [0.1, 0.15) is 30.0 Å². The van der Waals surface area contributed by atoms with Gasteiger partial charge in [-0.15, -0.1) is 0 Å². The van der Waals surface area contributed by atoms with E-state index in [2.05, 4.69) is 10.2 Å². The molecule has 0 bridgehead atoms. The number of rotatable bonds is 5. The summed E-state index contributed by atoms with van der Waals surface area (Å²) in [5.41, 5.74) is 2.57. The number of anilines is 1. The van der Waals surface area contributed by atoms with Gasteiger partial charge in [0.1, 0.15) is 12.1 Å². The van der Waals surface area contributed by atoms with Crippen LogP contribution in [0.15, 0.2) is 48.5 Å². The van der Waals surface area contributed by atoms with E-state index in [1.165, 1.54) is 0 Å². The quantitative estimate of drug-likeness (QED) is 0.769. The van der Waals surface area contributed by atoms with Crippen molar-refractivity contribution >= 4 is 29.1 Å². The van der Waals surface area contributed by atoms with Crippen LogP contribution in [-0.2, 0) is 14.3 Å². The van der Waals surface area contributed by atoms with E-state index >= 15 is 0 Å². The predicted octanol–water partition coefficient (Wildman–Crippen LogP) is 3.65. The van der Waals surface area contributed by atoms with Crippen molar-refractivity contribution in [1.29, 1.82) is 0 Å². The van der Waals surface area contributed by atoms with Gasteiger partial charge in [-0.3, -0.25) is 14.5 Å². The van der Waals surface area contributed by atoms with Crippen molar-refractivity contribution in [2.75, 3.05) is 38.1 Å². The molecule has 1 N–H and O–H groups in total. The molecule has 2 aromatic carbocycles. The van der Waals surface area contributed by atoms with Crippen molar-refractivity contribution in [1.82, 2.24) is 9.80 Å². The van der Waals surface area contributed by atoms with E-state index in [1.807, 2.05) is 54.3 Å². The first-order valence-electron chi connectivity index (χ1n) is 10.8. The Labute approximate surface area is 188 Å². The van der Waals surface area contributed by atoms with E-state index in [0.29, 0.717) is 43.5 Å². The molecule has 0 aliphatic carbocycles. The maximum atomic E-state index is 13.3. The summed E-state index contributed by atoms with van der Waals surface area (Å²) >= 11 is 6.23. The number of carbonyl (C=O) groups is 2. The molecule has 4 rings (SSSR count). The number of nitrogens with one attached hydrogen (secondary N) is 1. The molecule has 0 spiro atoms. The molecule has 2 saturated heterocycles. The van der Waals surface area contributed by atoms with Crippen molar-refractivity contribution in [3.63, 3.8) is 0 Å². The molecule has 7 heteroatoms. The first-order chi connectivity index (χ1) is 15.0. The van der Waals surface area contributed by atoms with E-state index in [-0.39, 0.29) is 17.9 Å². The second-order valence-corrected chi connectivity index (χ2v) is 8.54. The summed E-state index contributed by atoms with van der Waals surface area (Å²) in [6, 6.07) is 14.8. The Hall–Kier alpha value is -2.41. The average Bonchev–Trinajstić information content (AvgIpc) is 3.32. The van der Waals surface area contributed by atoms with E-state index in [1.54, 1.807) is 6.07 Å². The van der Waals surface area contributed by atoms with Crippen LogP contribution >= 0.6 is 11.6 Å². The summed E-state index contributed by atoms with van der Waals surface area (Å²) in [5.74, 6) is -0.0304. The van der Waals surface area contributed by atoms with Gasteiger partial charge in [0.25, 0.3) is 5.91 Å². The summed E-state index contributed by atoms with van der Waals surface area (Å²) in [6.45, 7) is 5.02. The van der Waals surface area contributed by atoms with Gasteiger partial charge in [0.2, 0.25) is 5.91 Å². The van der Waals surface area contributed by atoms with E-state index in [0.717, 1.165) is 24.0 Å². The lowest BCUT2D eigenvalue weighted by Gasteiger charge is -2.39. The van der Waals surface area contributed by atoms with Crippen molar-refractivity contribution in [3.05, 3.63) is 64.7 Å². The molecule has 2 aliphatic rings. The van der Waals surface area contributed by atoms with Crippen LogP contribution in [0, 0.1) is 6.92 Å². The van der Waals surface area contributed by atoms with Gasteiger partial charge in [-0.1, -0.05) is 48.0 Å². The van der Waals surface area contributed by atoms with Crippen molar-refractivity contribution in [3.8, 4) is 0 Å². The number of carbonyl (C=O) groups excluding carboxylic acids is 2. The Balaban J connectivity index is 1.47. The van der Waals surface area contributed by atoms with Crippen LogP contribution in [0.4, 0.5) is 5.69 Å². The van der Waals surface area contributed by atoms with Gasteiger partial charge in [-0.05, 0) is 43.0 Å². The zero-order chi connectivity index (χ0) is 21.8. The molecule has 2 unspecified atom stereocenters. The molecule has 0 aromatic heterocycles. The maximum Gasteiger partial charge on any atom is 0.251 e. The minimum atomic E-state index is -0.443. The van der Waals surface area contributed by atoms with Gasteiger partial charge >= 0.3 is 0 Å². The third-order valence-electron chi connectivity index (χ3n) is 6.00. The highest BCUT2D eigenvalue weighted by atomic mass is 35.5. The molecule has 31 heavy (non-hydrogen) atoms. The molecule has 0 radical (unpaired) electrons.